The van der Waals surface area contributed by atoms with Crippen molar-refractivity contribution in [1.82, 2.24) is 4.67 Å². The zero-order chi connectivity index (χ0) is 11.4. The van der Waals surface area contributed by atoms with Crippen molar-refractivity contribution in [2.24, 2.45) is 10.8 Å². The average Bonchev–Trinajstić information content (AvgIpc) is 1.99. The second kappa shape index (κ2) is 5.47. The Morgan fingerprint density at radius 3 is 1.93 bits per heavy atom. The Kier molecular flexibility index (Phi) is 5.62. The fourth-order valence-electron chi connectivity index (χ4n) is 1.99. The summed E-state index contributed by atoms with van der Waals surface area (Å²) >= 11 is 0. The fourth-order valence-corrected chi connectivity index (χ4v) is 2.12. The fraction of sp³-hybridized carbons (Fsp3) is 1.00. The summed E-state index contributed by atoms with van der Waals surface area (Å²) in [5.74, 6) is 0. The van der Waals surface area contributed by atoms with E-state index in [1.807, 2.05) is 0 Å². The maximum absolute atomic E-state index is 2.73. The first kappa shape index (κ1) is 14.4. The third kappa shape index (κ3) is 6.79. The van der Waals surface area contributed by atoms with E-state index in [2.05, 4.69) is 55.7 Å². The van der Waals surface area contributed by atoms with E-state index in [9.17, 15) is 0 Å². The minimum atomic E-state index is 0.463. The monoisotopic (exact) mass is 217 g/mol. The van der Waals surface area contributed by atoms with Crippen molar-refractivity contribution >= 4 is 9.39 Å². The lowest BCUT2D eigenvalue weighted by Crippen LogP contribution is -2.25. The first-order valence-electron chi connectivity index (χ1n) is 5.64. The van der Waals surface area contributed by atoms with Crippen LogP contribution in [0.2, 0.25) is 0 Å². The molecule has 0 saturated heterocycles. The molecule has 0 aliphatic rings. The van der Waals surface area contributed by atoms with Crippen molar-refractivity contribution in [2.75, 3.05) is 13.6 Å². The highest BCUT2D eigenvalue weighted by Gasteiger charge is 2.27. The van der Waals surface area contributed by atoms with Crippen molar-refractivity contribution in [1.29, 1.82) is 0 Å². The van der Waals surface area contributed by atoms with Gasteiger partial charge in [-0.3, -0.25) is 4.67 Å². The number of hydrogen-bond acceptors (Lipinski definition) is 1. The topological polar surface area (TPSA) is 3.24 Å². The summed E-state index contributed by atoms with van der Waals surface area (Å²) in [7, 11) is 4.85. The molecule has 0 amide bonds. The van der Waals surface area contributed by atoms with Gasteiger partial charge in [-0.25, -0.2) is 0 Å². The van der Waals surface area contributed by atoms with Crippen molar-refractivity contribution < 1.29 is 0 Å². The summed E-state index contributed by atoms with van der Waals surface area (Å²) in [6.07, 6.45) is 3.86. The minimum absolute atomic E-state index is 0.463. The van der Waals surface area contributed by atoms with E-state index >= 15 is 0 Å². The van der Waals surface area contributed by atoms with Gasteiger partial charge >= 0.3 is 0 Å². The quantitative estimate of drug-likeness (QED) is 0.609. The van der Waals surface area contributed by atoms with E-state index in [-0.39, 0.29) is 0 Å². The Labute approximate surface area is 92.9 Å². The molecule has 1 unspecified atom stereocenters. The molecule has 0 rings (SSSR count). The van der Waals surface area contributed by atoms with Gasteiger partial charge in [0.25, 0.3) is 0 Å². The molecule has 1 nitrogen and oxygen atoms in total. The third-order valence-corrected chi connectivity index (χ3v) is 3.31. The zero-order valence-electron chi connectivity index (χ0n) is 10.9. The first-order chi connectivity index (χ1) is 6.18. The van der Waals surface area contributed by atoms with Crippen molar-refractivity contribution in [3.8, 4) is 0 Å². The number of rotatable bonds is 6. The van der Waals surface area contributed by atoms with Gasteiger partial charge in [0, 0.05) is 6.54 Å². The summed E-state index contributed by atoms with van der Waals surface area (Å²) in [6.45, 7) is 13.0. The van der Waals surface area contributed by atoms with E-state index in [0.717, 1.165) is 6.54 Å². The zero-order valence-corrected chi connectivity index (χ0v) is 12.0. The molecule has 0 aromatic rings. The molecule has 0 aromatic carbocycles. The molecule has 0 N–H and O–H groups in total. The van der Waals surface area contributed by atoms with E-state index in [1.54, 1.807) is 0 Å². The molecule has 2 heteroatoms. The van der Waals surface area contributed by atoms with Crippen molar-refractivity contribution in [2.45, 2.75) is 53.9 Å². The lowest BCUT2D eigenvalue weighted by atomic mass is 9.72. The maximum Gasteiger partial charge on any atom is 0.00182 e. The van der Waals surface area contributed by atoms with Gasteiger partial charge in [-0.15, -0.1) is 0 Å². The summed E-state index contributed by atoms with van der Waals surface area (Å²) < 4.78 is 2.20. The third-order valence-electron chi connectivity index (χ3n) is 3.06. The van der Waals surface area contributed by atoms with Gasteiger partial charge in [0.2, 0.25) is 0 Å². The van der Waals surface area contributed by atoms with Crippen LogP contribution in [-0.4, -0.2) is 18.3 Å². The van der Waals surface area contributed by atoms with Crippen LogP contribution in [0.5, 0.6) is 0 Å². The Morgan fingerprint density at radius 2 is 1.57 bits per heavy atom. The Balaban J connectivity index is 4.06. The summed E-state index contributed by atoms with van der Waals surface area (Å²) in [5.41, 5.74) is 0.952. The maximum atomic E-state index is 2.73. The summed E-state index contributed by atoms with van der Waals surface area (Å²) in [5, 5.41) is 0. The van der Waals surface area contributed by atoms with Crippen molar-refractivity contribution in [3.63, 3.8) is 0 Å². The van der Waals surface area contributed by atoms with Gasteiger partial charge in [0.1, 0.15) is 0 Å². The highest BCUT2D eigenvalue weighted by atomic mass is 31.0. The van der Waals surface area contributed by atoms with Crippen LogP contribution in [-0.2, 0) is 0 Å². The van der Waals surface area contributed by atoms with Gasteiger partial charge in [-0.1, -0.05) is 50.4 Å². The molecule has 86 valence electrons. The molecule has 0 spiro atoms. The largest absolute Gasteiger partial charge is 0.290 e. The molecule has 0 heterocycles. The molecule has 0 aliphatic carbocycles. The van der Waals surface area contributed by atoms with Crippen LogP contribution in [0.1, 0.15) is 53.9 Å². The predicted octanol–water partition coefficient (Wildman–Crippen LogP) is 3.95. The predicted molar refractivity (Wildman–Crippen MR) is 69.4 cm³/mol. The lowest BCUT2D eigenvalue weighted by molar-refractivity contribution is 0.171. The standard InChI is InChI=1S/C12H28NP/c1-7-11(2,3)10-12(4,5)8-9-13(6)14/h7-10,14H2,1-6H3. The van der Waals surface area contributed by atoms with E-state index < -0.39 is 0 Å². The molecule has 0 aliphatic heterocycles. The smallest absolute Gasteiger partial charge is 0.00182 e. The summed E-state index contributed by atoms with van der Waals surface area (Å²) in [6, 6.07) is 0. The van der Waals surface area contributed by atoms with Gasteiger partial charge < -0.3 is 0 Å². The highest BCUT2D eigenvalue weighted by molar-refractivity contribution is 7.13. The summed E-state index contributed by atoms with van der Waals surface area (Å²) in [4.78, 5) is 0. The van der Waals surface area contributed by atoms with Crippen LogP contribution >= 0.6 is 9.39 Å². The molecular formula is C12H28NP. The van der Waals surface area contributed by atoms with Gasteiger partial charge in [-0.05, 0) is 30.7 Å². The molecular weight excluding hydrogens is 189 g/mol. The van der Waals surface area contributed by atoms with Gasteiger partial charge in [0.15, 0.2) is 0 Å². The molecule has 1 atom stereocenters. The van der Waals surface area contributed by atoms with Crippen LogP contribution in [0, 0.1) is 10.8 Å². The number of hydrogen-bond donors (Lipinski definition) is 0. The van der Waals surface area contributed by atoms with E-state index in [1.165, 1.54) is 19.3 Å². The Bertz CT molecular complexity index is 162. The molecule has 0 aromatic heterocycles. The highest BCUT2D eigenvalue weighted by Crippen LogP contribution is 2.38. The van der Waals surface area contributed by atoms with Crippen LogP contribution in [0.4, 0.5) is 0 Å². The molecule has 0 saturated carbocycles. The lowest BCUT2D eigenvalue weighted by Gasteiger charge is -2.35. The minimum Gasteiger partial charge on any atom is -0.290 e. The van der Waals surface area contributed by atoms with E-state index in [4.69, 9.17) is 0 Å². The second-order valence-corrected chi connectivity index (χ2v) is 6.97. The number of nitrogens with zero attached hydrogens (tertiary/aromatic N) is 1. The molecule has 0 bridgehead atoms. The Hall–Kier alpha value is 0.390. The van der Waals surface area contributed by atoms with Gasteiger partial charge in [0.05, 0.1) is 0 Å². The molecule has 14 heavy (non-hydrogen) atoms. The second-order valence-electron chi connectivity index (χ2n) is 6.09. The average molecular weight is 217 g/mol. The van der Waals surface area contributed by atoms with Crippen LogP contribution in [0.25, 0.3) is 0 Å². The molecule has 0 fully saturated rings. The SMILES string of the molecule is CCC(C)(C)CC(C)(C)CCN(C)P. The first-order valence-corrected chi connectivity index (χ1v) is 6.16. The van der Waals surface area contributed by atoms with Crippen LogP contribution < -0.4 is 0 Å². The normalized spacial score (nSPS) is 13.7. The van der Waals surface area contributed by atoms with Crippen molar-refractivity contribution in [3.05, 3.63) is 0 Å². The Morgan fingerprint density at radius 1 is 1.07 bits per heavy atom. The van der Waals surface area contributed by atoms with Crippen LogP contribution in [0.3, 0.4) is 0 Å². The molecule has 0 radical (unpaired) electrons. The van der Waals surface area contributed by atoms with Crippen LogP contribution in [0.15, 0.2) is 0 Å². The van der Waals surface area contributed by atoms with Gasteiger partial charge in [-0.2, -0.15) is 0 Å². The van der Waals surface area contributed by atoms with E-state index in [0.29, 0.717) is 10.8 Å².